The predicted molar refractivity (Wildman–Crippen MR) is 91.0 cm³/mol. The number of carbonyl (C=O) groups is 1. The van der Waals surface area contributed by atoms with Gasteiger partial charge in [0.1, 0.15) is 13.2 Å². The smallest absolute Gasteiger partial charge is 0.243 e. The number of rotatable bonds is 4. The molecule has 0 saturated carbocycles. The zero-order valence-electron chi connectivity index (χ0n) is 12.1. The molecule has 1 heterocycles. The fourth-order valence-corrected chi connectivity index (χ4v) is 2.53. The summed E-state index contributed by atoms with van der Waals surface area (Å²) in [5, 5.41) is 6.73. The highest BCUT2D eigenvalue weighted by molar-refractivity contribution is 6.34. The summed E-state index contributed by atoms with van der Waals surface area (Å²) in [6.07, 6.45) is 0. The molecule has 0 atom stereocenters. The van der Waals surface area contributed by atoms with Crippen molar-refractivity contribution >= 4 is 40.5 Å². The van der Waals surface area contributed by atoms with E-state index in [4.69, 9.17) is 32.7 Å². The van der Waals surface area contributed by atoms with Gasteiger partial charge in [0.2, 0.25) is 5.91 Å². The number of carbonyl (C=O) groups excluding carboxylic acids is 1. The van der Waals surface area contributed by atoms with Crippen molar-refractivity contribution in [2.75, 3.05) is 30.4 Å². The van der Waals surface area contributed by atoms with Crippen molar-refractivity contribution in [1.82, 2.24) is 0 Å². The number of ether oxygens (including phenoxy) is 2. The number of hydrogen-bond acceptors (Lipinski definition) is 4. The third-order valence-electron chi connectivity index (χ3n) is 3.18. The summed E-state index contributed by atoms with van der Waals surface area (Å²) < 4.78 is 10.9. The summed E-state index contributed by atoms with van der Waals surface area (Å²) in [6, 6.07) is 10.4. The van der Waals surface area contributed by atoms with Crippen molar-refractivity contribution in [3.63, 3.8) is 0 Å². The third-order valence-corrected chi connectivity index (χ3v) is 3.73. The second-order valence-corrected chi connectivity index (χ2v) is 5.73. The highest BCUT2D eigenvalue weighted by Crippen LogP contribution is 2.37. The number of anilines is 2. The second-order valence-electron chi connectivity index (χ2n) is 4.89. The summed E-state index contributed by atoms with van der Waals surface area (Å²) in [5.74, 6) is 0.915. The standard InChI is InChI=1S/C16H14Cl2N2O3/c17-10-2-1-3-11(6-10)19-9-16(21)20-13-8-15-14(7-12(13)18)22-4-5-23-15/h1-3,6-8,19H,4-5,9H2,(H,20,21). The summed E-state index contributed by atoms with van der Waals surface area (Å²) in [6.45, 7) is 1.04. The van der Waals surface area contributed by atoms with E-state index >= 15 is 0 Å². The van der Waals surface area contributed by atoms with Crippen molar-refractivity contribution in [1.29, 1.82) is 0 Å². The molecule has 0 bridgehead atoms. The van der Waals surface area contributed by atoms with E-state index in [-0.39, 0.29) is 12.5 Å². The Labute approximate surface area is 143 Å². The molecule has 2 N–H and O–H groups in total. The maximum absolute atomic E-state index is 12.1. The molecule has 23 heavy (non-hydrogen) atoms. The van der Waals surface area contributed by atoms with Crippen LogP contribution in [0.1, 0.15) is 0 Å². The van der Waals surface area contributed by atoms with Crippen molar-refractivity contribution in [2.24, 2.45) is 0 Å². The summed E-state index contributed by atoms with van der Waals surface area (Å²) >= 11 is 12.0. The van der Waals surface area contributed by atoms with Crippen LogP contribution in [-0.4, -0.2) is 25.7 Å². The lowest BCUT2D eigenvalue weighted by atomic mass is 10.2. The number of fused-ring (bicyclic) bond motifs is 1. The first-order valence-electron chi connectivity index (χ1n) is 7.00. The third kappa shape index (κ3) is 4.00. The van der Waals surface area contributed by atoms with E-state index < -0.39 is 0 Å². The lowest BCUT2D eigenvalue weighted by molar-refractivity contribution is -0.114. The summed E-state index contributed by atoms with van der Waals surface area (Å²) in [7, 11) is 0. The first kappa shape index (κ1) is 15.8. The van der Waals surface area contributed by atoms with Gasteiger partial charge >= 0.3 is 0 Å². The second kappa shape index (κ2) is 6.98. The number of benzene rings is 2. The minimum atomic E-state index is -0.233. The van der Waals surface area contributed by atoms with Gasteiger partial charge in [0.05, 0.1) is 17.3 Å². The van der Waals surface area contributed by atoms with Gasteiger partial charge in [0.25, 0.3) is 0 Å². The molecule has 120 valence electrons. The first-order valence-corrected chi connectivity index (χ1v) is 7.76. The predicted octanol–water partition coefficient (Wildman–Crippen LogP) is 3.82. The maximum atomic E-state index is 12.1. The van der Waals surface area contributed by atoms with Gasteiger partial charge in [0.15, 0.2) is 11.5 Å². The number of hydrogen-bond donors (Lipinski definition) is 2. The number of halogens is 2. The molecule has 0 saturated heterocycles. The molecule has 2 aromatic rings. The van der Waals surface area contributed by atoms with Gasteiger partial charge in [-0.25, -0.2) is 0 Å². The topological polar surface area (TPSA) is 59.6 Å². The summed E-state index contributed by atoms with van der Waals surface area (Å²) in [4.78, 5) is 12.1. The van der Waals surface area contributed by atoms with Crippen LogP contribution in [0.3, 0.4) is 0 Å². The Bertz CT molecular complexity index is 737. The number of nitrogens with one attached hydrogen (secondary N) is 2. The van der Waals surface area contributed by atoms with Crippen LogP contribution in [0.2, 0.25) is 10.0 Å². The molecular formula is C16H14Cl2N2O3. The Balaban J connectivity index is 1.63. The van der Waals surface area contributed by atoms with E-state index in [2.05, 4.69) is 10.6 Å². The summed E-state index contributed by atoms with van der Waals surface area (Å²) in [5.41, 5.74) is 1.25. The Kier molecular flexibility index (Phi) is 4.79. The first-order chi connectivity index (χ1) is 11.1. The molecule has 3 rings (SSSR count). The molecule has 1 aliphatic rings. The molecule has 0 unspecified atom stereocenters. The molecule has 0 fully saturated rings. The van der Waals surface area contributed by atoms with Crippen LogP contribution in [0.25, 0.3) is 0 Å². The minimum absolute atomic E-state index is 0.0884. The average Bonchev–Trinajstić information content (AvgIpc) is 2.54. The van der Waals surface area contributed by atoms with E-state index in [0.29, 0.717) is 40.4 Å². The molecule has 0 aromatic heterocycles. The van der Waals surface area contributed by atoms with Crippen LogP contribution < -0.4 is 20.1 Å². The van der Waals surface area contributed by atoms with E-state index in [1.807, 2.05) is 6.07 Å². The van der Waals surface area contributed by atoms with Gasteiger partial charge in [0, 0.05) is 22.8 Å². The van der Waals surface area contributed by atoms with Gasteiger partial charge in [-0.3, -0.25) is 4.79 Å². The maximum Gasteiger partial charge on any atom is 0.243 e. The van der Waals surface area contributed by atoms with Crippen LogP contribution in [0, 0.1) is 0 Å². The van der Waals surface area contributed by atoms with Gasteiger partial charge in [-0.2, -0.15) is 0 Å². The normalized spacial score (nSPS) is 12.6. The molecule has 7 heteroatoms. The van der Waals surface area contributed by atoms with E-state index in [1.54, 1.807) is 30.3 Å². The molecule has 0 aliphatic carbocycles. The average molecular weight is 353 g/mol. The van der Waals surface area contributed by atoms with Crippen LogP contribution >= 0.6 is 23.2 Å². The van der Waals surface area contributed by atoms with E-state index in [9.17, 15) is 4.79 Å². The van der Waals surface area contributed by atoms with Crippen molar-refractivity contribution in [3.8, 4) is 11.5 Å². The zero-order valence-corrected chi connectivity index (χ0v) is 13.6. The molecule has 0 spiro atoms. The molecule has 0 radical (unpaired) electrons. The van der Waals surface area contributed by atoms with Crippen LogP contribution in [0.15, 0.2) is 36.4 Å². The number of amides is 1. The van der Waals surface area contributed by atoms with Crippen LogP contribution in [-0.2, 0) is 4.79 Å². The largest absolute Gasteiger partial charge is 0.486 e. The highest BCUT2D eigenvalue weighted by atomic mass is 35.5. The van der Waals surface area contributed by atoms with Gasteiger partial charge in [-0.1, -0.05) is 29.3 Å². The van der Waals surface area contributed by atoms with Crippen LogP contribution in [0.5, 0.6) is 11.5 Å². The Morgan fingerprint density at radius 2 is 1.83 bits per heavy atom. The van der Waals surface area contributed by atoms with Crippen molar-refractivity contribution < 1.29 is 14.3 Å². The molecular weight excluding hydrogens is 339 g/mol. The van der Waals surface area contributed by atoms with Gasteiger partial charge < -0.3 is 20.1 Å². The molecule has 5 nitrogen and oxygen atoms in total. The van der Waals surface area contributed by atoms with E-state index in [1.165, 1.54) is 0 Å². The molecule has 1 amide bonds. The Morgan fingerprint density at radius 1 is 1.09 bits per heavy atom. The Hall–Kier alpha value is -2.11. The lowest BCUT2D eigenvalue weighted by Crippen LogP contribution is -2.22. The quantitative estimate of drug-likeness (QED) is 0.878. The fraction of sp³-hybridized carbons (Fsp3) is 0.188. The lowest BCUT2D eigenvalue weighted by Gasteiger charge is -2.20. The minimum Gasteiger partial charge on any atom is -0.486 e. The fourth-order valence-electron chi connectivity index (χ4n) is 2.13. The van der Waals surface area contributed by atoms with Gasteiger partial charge in [-0.15, -0.1) is 0 Å². The Morgan fingerprint density at radius 3 is 2.57 bits per heavy atom. The molecule has 2 aromatic carbocycles. The molecule has 1 aliphatic heterocycles. The van der Waals surface area contributed by atoms with Crippen LogP contribution in [0.4, 0.5) is 11.4 Å². The SMILES string of the molecule is O=C(CNc1cccc(Cl)c1)Nc1cc2c(cc1Cl)OCCO2. The van der Waals surface area contributed by atoms with Crippen molar-refractivity contribution in [3.05, 3.63) is 46.4 Å². The monoisotopic (exact) mass is 352 g/mol. The van der Waals surface area contributed by atoms with E-state index in [0.717, 1.165) is 5.69 Å². The van der Waals surface area contributed by atoms with Gasteiger partial charge in [-0.05, 0) is 18.2 Å². The van der Waals surface area contributed by atoms with Crippen molar-refractivity contribution in [2.45, 2.75) is 0 Å². The highest BCUT2D eigenvalue weighted by Gasteiger charge is 2.16. The zero-order chi connectivity index (χ0) is 16.2.